The third-order valence-electron chi connectivity index (χ3n) is 5.05. The van der Waals surface area contributed by atoms with Gasteiger partial charge in [-0.3, -0.25) is 9.59 Å². The number of nitrogens with one attached hydrogen (secondary N) is 1. The molecule has 0 atom stereocenters. The molecule has 1 saturated heterocycles. The van der Waals surface area contributed by atoms with Crippen molar-refractivity contribution in [2.24, 2.45) is 0 Å². The summed E-state index contributed by atoms with van der Waals surface area (Å²) in [6.07, 6.45) is 7.34. The van der Waals surface area contributed by atoms with Crippen LogP contribution >= 0.6 is 0 Å². The highest BCUT2D eigenvalue weighted by Gasteiger charge is 2.19. The molecule has 27 heavy (non-hydrogen) atoms. The maximum Gasteiger partial charge on any atom is 0.243 e. The number of likely N-dealkylation sites (tertiary alicyclic amines) is 1. The highest BCUT2D eigenvalue weighted by molar-refractivity contribution is 5.86. The third-order valence-corrected chi connectivity index (χ3v) is 5.05. The fraction of sp³-hybridized carbons (Fsp3) is 0.476. The van der Waals surface area contributed by atoms with Gasteiger partial charge >= 0.3 is 0 Å². The first-order valence-electron chi connectivity index (χ1n) is 9.81. The summed E-state index contributed by atoms with van der Waals surface area (Å²) in [5.41, 5.74) is 1.90. The number of rotatable bonds is 7. The predicted molar refractivity (Wildman–Crippen MR) is 106 cm³/mol. The number of carbonyl (C=O) groups excluding carboxylic acids is 2. The molecule has 144 valence electrons. The molecule has 1 fully saturated rings. The van der Waals surface area contributed by atoms with Crippen LogP contribution in [0.1, 0.15) is 37.9 Å². The second-order valence-corrected chi connectivity index (χ2v) is 7.00. The Morgan fingerprint density at radius 2 is 1.89 bits per heavy atom. The molecule has 3 rings (SSSR count). The molecule has 2 heterocycles. The molecule has 2 aromatic rings. The summed E-state index contributed by atoms with van der Waals surface area (Å²) in [6, 6.07) is 7.93. The first-order chi connectivity index (χ1) is 13.2. The molecule has 6 heteroatoms. The summed E-state index contributed by atoms with van der Waals surface area (Å²) in [5, 5.41) is 2.79. The van der Waals surface area contributed by atoms with Crippen molar-refractivity contribution in [2.45, 2.75) is 45.1 Å². The van der Waals surface area contributed by atoms with Crippen molar-refractivity contribution in [1.82, 2.24) is 19.8 Å². The molecule has 0 radical (unpaired) electrons. The minimum Gasteiger partial charge on any atom is -0.353 e. The SMILES string of the molecule is C=CC(=O)NCCCc1nc2ccccc2n1CC(=O)N1CCCCCC1. The minimum atomic E-state index is -0.167. The van der Waals surface area contributed by atoms with E-state index in [0.717, 1.165) is 49.2 Å². The number of carbonyl (C=O) groups is 2. The lowest BCUT2D eigenvalue weighted by atomic mass is 10.2. The standard InChI is InChI=1S/C21H28N4O2/c1-2-20(26)22-13-9-12-19-23-17-10-5-6-11-18(17)25(19)16-21(27)24-14-7-3-4-8-15-24/h2,5-6,10-11H,1,3-4,7-9,12-16H2,(H,22,26). The van der Waals surface area contributed by atoms with Gasteiger partial charge in [0.15, 0.2) is 0 Å². The number of hydrogen-bond acceptors (Lipinski definition) is 3. The Kier molecular flexibility index (Phi) is 6.63. The molecular formula is C21H28N4O2. The zero-order valence-corrected chi connectivity index (χ0v) is 15.8. The Morgan fingerprint density at radius 3 is 2.63 bits per heavy atom. The number of fused-ring (bicyclic) bond motifs is 1. The summed E-state index contributed by atoms with van der Waals surface area (Å²) >= 11 is 0. The monoisotopic (exact) mass is 368 g/mol. The van der Waals surface area contributed by atoms with Crippen molar-refractivity contribution in [3.63, 3.8) is 0 Å². The van der Waals surface area contributed by atoms with Gasteiger partial charge in [0.05, 0.1) is 11.0 Å². The van der Waals surface area contributed by atoms with Crippen LogP contribution in [-0.4, -0.2) is 45.9 Å². The average Bonchev–Trinajstić information content (AvgIpc) is 2.86. The molecule has 0 unspecified atom stereocenters. The van der Waals surface area contributed by atoms with Gasteiger partial charge in [0, 0.05) is 26.1 Å². The van der Waals surface area contributed by atoms with Crippen molar-refractivity contribution >= 4 is 22.8 Å². The van der Waals surface area contributed by atoms with Gasteiger partial charge in [-0.15, -0.1) is 0 Å². The van der Waals surface area contributed by atoms with Crippen LogP contribution in [0, 0.1) is 0 Å². The van der Waals surface area contributed by atoms with Crippen molar-refractivity contribution in [3.8, 4) is 0 Å². The van der Waals surface area contributed by atoms with Crippen molar-refractivity contribution in [3.05, 3.63) is 42.7 Å². The van der Waals surface area contributed by atoms with E-state index < -0.39 is 0 Å². The maximum absolute atomic E-state index is 12.9. The molecule has 2 amide bonds. The van der Waals surface area contributed by atoms with Crippen LogP contribution in [0.25, 0.3) is 11.0 Å². The quantitative estimate of drug-likeness (QED) is 0.603. The van der Waals surface area contributed by atoms with Crippen LogP contribution in [0.4, 0.5) is 0 Å². The Balaban J connectivity index is 1.72. The first-order valence-corrected chi connectivity index (χ1v) is 9.81. The highest BCUT2D eigenvalue weighted by atomic mass is 16.2. The van der Waals surface area contributed by atoms with E-state index in [1.807, 2.05) is 33.7 Å². The fourth-order valence-electron chi connectivity index (χ4n) is 3.58. The lowest BCUT2D eigenvalue weighted by molar-refractivity contribution is -0.131. The van der Waals surface area contributed by atoms with Crippen molar-refractivity contribution < 1.29 is 9.59 Å². The maximum atomic E-state index is 12.9. The van der Waals surface area contributed by atoms with E-state index in [1.165, 1.54) is 18.9 Å². The number of benzene rings is 1. The Labute approximate surface area is 160 Å². The molecule has 0 aliphatic carbocycles. The molecular weight excluding hydrogens is 340 g/mol. The topological polar surface area (TPSA) is 67.2 Å². The van der Waals surface area contributed by atoms with Gasteiger partial charge in [-0.1, -0.05) is 31.6 Å². The summed E-state index contributed by atoms with van der Waals surface area (Å²) in [5.74, 6) is 0.897. The van der Waals surface area contributed by atoms with Crippen LogP contribution < -0.4 is 5.32 Å². The normalized spacial score (nSPS) is 14.7. The van der Waals surface area contributed by atoms with Gasteiger partial charge in [0.25, 0.3) is 0 Å². The fourth-order valence-corrected chi connectivity index (χ4v) is 3.58. The number of hydrogen-bond donors (Lipinski definition) is 1. The predicted octanol–water partition coefficient (Wildman–Crippen LogP) is 2.67. The zero-order chi connectivity index (χ0) is 19.1. The Bertz CT molecular complexity index is 804. The zero-order valence-electron chi connectivity index (χ0n) is 15.8. The third kappa shape index (κ3) is 4.96. The average molecular weight is 368 g/mol. The van der Waals surface area contributed by atoms with E-state index in [9.17, 15) is 9.59 Å². The second kappa shape index (κ2) is 9.35. The first kappa shape index (κ1) is 19.1. The van der Waals surface area contributed by atoms with Crippen LogP contribution in [0.5, 0.6) is 0 Å². The highest BCUT2D eigenvalue weighted by Crippen LogP contribution is 2.18. The Hall–Kier alpha value is -2.63. The number of imidazole rings is 1. The van der Waals surface area contributed by atoms with Crippen molar-refractivity contribution in [2.75, 3.05) is 19.6 Å². The van der Waals surface area contributed by atoms with Crippen LogP contribution in [0.15, 0.2) is 36.9 Å². The molecule has 1 aromatic heterocycles. The summed E-state index contributed by atoms with van der Waals surface area (Å²) < 4.78 is 2.04. The van der Waals surface area contributed by atoms with Gasteiger partial charge < -0.3 is 14.8 Å². The van der Waals surface area contributed by atoms with Crippen LogP contribution in [-0.2, 0) is 22.6 Å². The van der Waals surface area contributed by atoms with Gasteiger partial charge in [-0.05, 0) is 37.5 Å². The van der Waals surface area contributed by atoms with Gasteiger partial charge in [-0.25, -0.2) is 4.98 Å². The van der Waals surface area contributed by atoms with E-state index in [2.05, 4.69) is 11.9 Å². The van der Waals surface area contributed by atoms with Gasteiger partial charge in [0.2, 0.25) is 11.8 Å². The van der Waals surface area contributed by atoms with Crippen LogP contribution in [0.2, 0.25) is 0 Å². The lowest BCUT2D eigenvalue weighted by Gasteiger charge is -2.21. The molecule has 1 N–H and O–H groups in total. The number of aromatic nitrogens is 2. The summed E-state index contributed by atoms with van der Waals surface area (Å²) in [6.45, 7) is 6.06. The lowest BCUT2D eigenvalue weighted by Crippen LogP contribution is -2.35. The van der Waals surface area contributed by atoms with E-state index in [0.29, 0.717) is 19.5 Å². The number of amides is 2. The van der Waals surface area contributed by atoms with Crippen LogP contribution in [0.3, 0.4) is 0 Å². The van der Waals surface area contributed by atoms with E-state index >= 15 is 0 Å². The van der Waals surface area contributed by atoms with Gasteiger partial charge in [-0.2, -0.15) is 0 Å². The molecule has 6 nitrogen and oxygen atoms in total. The smallest absolute Gasteiger partial charge is 0.243 e. The number of para-hydroxylation sites is 2. The molecule has 0 saturated carbocycles. The molecule has 1 aliphatic rings. The summed E-state index contributed by atoms with van der Waals surface area (Å²) in [4.78, 5) is 30.9. The minimum absolute atomic E-state index is 0.167. The molecule has 0 bridgehead atoms. The molecule has 0 spiro atoms. The number of aryl methyl sites for hydroxylation is 1. The molecule has 1 aromatic carbocycles. The molecule has 1 aliphatic heterocycles. The second-order valence-electron chi connectivity index (χ2n) is 7.00. The summed E-state index contributed by atoms with van der Waals surface area (Å²) in [7, 11) is 0. The Morgan fingerprint density at radius 1 is 1.15 bits per heavy atom. The van der Waals surface area contributed by atoms with E-state index in [-0.39, 0.29) is 11.8 Å². The van der Waals surface area contributed by atoms with E-state index in [4.69, 9.17) is 4.98 Å². The van der Waals surface area contributed by atoms with E-state index in [1.54, 1.807) is 0 Å². The largest absolute Gasteiger partial charge is 0.353 e. The number of nitrogens with zero attached hydrogens (tertiary/aromatic N) is 3. The van der Waals surface area contributed by atoms with Gasteiger partial charge in [0.1, 0.15) is 12.4 Å². The van der Waals surface area contributed by atoms with Crippen molar-refractivity contribution in [1.29, 1.82) is 0 Å².